The van der Waals surface area contributed by atoms with Crippen molar-refractivity contribution in [3.8, 4) is 5.75 Å². The first kappa shape index (κ1) is 18.1. The molecule has 2 rings (SSSR count). The summed E-state index contributed by atoms with van der Waals surface area (Å²) < 4.78 is 5.71. The van der Waals surface area contributed by atoms with Crippen molar-refractivity contribution in [2.24, 2.45) is 0 Å². The maximum atomic E-state index is 11.8. The van der Waals surface area contributed by atoms with Crippen LogP contribution >= 0.6 is 0 Å². The SMILES string of the molecule is CCCCOc1ccc(C(C)(C)c2ccccc2)c(C)c1C(=O)O. The molecule has 0 unspecified atom stereocenters. The van der Waals surface area contributed by atoms with Gasteiger partial charge in [-0.1, -0.05) is 63.6 Å². The van der Waals surface area contributed by atoms with Crippen LogP contribution in [-0.4, -0.2) is 17.7 Å². The first-order valence-corrected chi connectivity index (χ1v) is 8.45. The number of hydrogen-bond acceptors (Lipinski definition) is 2. The standard InChI is InChI=1S/C21H26O3/c1-5-6-14-24-18-13-12-17(15(2)19(18)20(22)23)21(3,4)16-10-8-7-9-11-16/h7-13H,5-6,14H2,1-4H3,(H,22,23). The number of carbonyl (C=O) groups is 1. The van der Waals surface area contributed by atoms with Gasteiger partial charge < -0.3 is 9.84 Å². The Morgan fingerprint density at radius 2 is 1.79 bits per heavy atom. The topological polar surface area (TPSA) is 46.5 Å². The normalized spacial score (nSPS) is 11.3. The molecule has 0 bridgehead atoms. The van der Waals surface area contributed by atoms with Crippen molar-refractivity contribution >= 4 is 5.97 Å². The van der Waals surface area contributed by atoms with Crippen LogP contribution in [0.15, 0.2) is 42.5 Å². The molecule has 0 aliphatic carbocycles. The molecule has 0 spiro atoms. The van der Waals surface area contributed by atoms with E-state index in [0.29, 0.717) is 12.4 Å². The van der Waals surface area contributed by atoms with E-state index in [1.807, 2.05) is 31.2 Å². The first-order chi connectivity index (χ1) is 11.4. The largest absolute Gasteiger partial charge is 0.493 e. The van der Waals surface area contributed by atoms with Gasteiger partial charge in [0.1, 0.15) is 11.3 Å². The Bertz CT molecular complexity index is 703. The zero-order chi connectivity index (χ0) is 17.7. The molecule has 0 radical (unpaired) electrons. The van der Waals surface area contributed by atoms with Gasteiger partial charge in [0.15, 0.2) is 0 Å². The van der Waals surface area contributed by atoms with Crippen LogP contribution in [0.1, 0.15) is 60.7 Å². The van der Waals surface area contributed by atoms with E-state index in [4.69, 9.17) is 4.74 Å². The van der Waals surface area contributed by atoms with Gasteiger partial charge in [-0.2, -0.15) is 0 Å². The van der Waals surface area contributed by atoms with E-state index in [0.717, 1.165) is 29.5 Å². The number of benzene rings is 2. The van der Waals surface area contributed by atoms with Gasteiger partial charge in [0.2, 0.25) is 0 Å². The fourth-order valence-electron chi connectivity index (χ4n) is 3.09. The lowest BCUT2D eigenvalue weighted by molar-refractivity contribution is 0.0691. The van der Waals surface area contributed by atoms with Gasteiger partial charge >= 0.3 is 5.97 Å². The molecule has 24 heavy (non-hydrogen) atoms. The van der Waals surface area contributed by atoms with E-state index in [9.17, 15) is 9.90 Å². The van der Waals surface area contributed by atoms with Crippen LogP contribution in [-0.2, 0) is 5.41 Å². The van der Waals surface area contributed by atoms with E-state index in [2.05, 4.69) is 32.9 Å². The van der Waals surface area contributed by atoms with Crippen LogP contribution in [0.25, 0.3) is 0 Å². The molecule has 0 saturated carbocycles. The zero-order valence-electron chi connectivity index (χ0n) is 14.9. The molecule has 2 aromatic carbocycles. The number of ether oxygens (including phenoxy) is 1. The summed E-state index contributed by atoms with van der Waals surface area (Å²) in [5.41, 5.74) is 2.92. The number of unbranched alkanes of at least 4 members (excludes halogenated alkanes) is 1. The van der Waals surface area contributed by atoms with Crippen molar-refractivity contribution in [1.29, 1.82) is 0 Å². The number of aromatic carboxylic acids is 1. The highest BCUT2D eigenvalue weighted by atomic mass is 16.5. The summed E-state index contributed by atoms with van der Waals surface area (Å²) in [5, 5.41) is 9.68. The molecule has 1 N–H and O–H groups in total. The maximum absolute atomic E-state index is 11.8. The Morgan fingerprint density at radius 3 is 2.38 bits per heavy atom. The summed E-state index contributed by atoms with van der Waals surface area (Å²) in [4.78, 5) is 11.8. The minimum absolute atomic E-state index is 0.271. The summed E-state index contributed by atoms with van der Waals surface area (Å²) in [7, 11) is 0. The molecule has 0 atom stereocenters. The van der Waals surface area contributed by atoms with E-state index in [-0.39, 0.29) is 11.0 Å². The third kappa shape index (κ3) is 3.61. The average Bonchev–Trinajstić information content (AvgIpc) is 2.55. The highest BCUT2D eigenvalue weighted by Gasteiger charge is 2.28. The van der Waals surface area contributed by atoms with E-state index in [1.54, 1.807) is 6.07 Å². The first-order valence-electron chi connectivity index (χ1n) is 8.45. The van der Waals surface area contributed by atoms with Crippen LogP contribution in [0, 0.1) is 6.92 Å². The van der Waals surface area contributed by atoms with Crippen molar-refractivity contribution in [3.05, 3.63) is 64.7 Å². The predicted octanol–water partition coefficient (Wildman–Crippen LogP) is 5.20. The van der Waals surface area contributed by atoms with Gasteiger partial charge in [-0.05, 0) is 36.1 Å². The second-order valence-electron chi connectivity index (χ2n) is 6.61. The number of carboxylic acid groups (broad SMARTS) is 1. The van der Waals surface area contributed by atoms with Crippen LogP contribution in [0.2, 0.25) is 0 Å². The number of rotatable bonds is 7. The van der Waals surface area contributed by atoms with Gasteiger partial charge in [0, 0.05) is 5.41 Å². The van der Waals surface area contributed by atoms with Gasteiger partial charge in [0.05, 0.1) is 6.61 Å². The molecular weight excluding hydrogens is 300 g/mol. The third-order valence-electron chi connectivity index (χ3n) is 4.56. The second-order valence-corrected chi connectivity index (χ2v) is 6.61. The molecule has 128 valence electrons. The Morgan fingerprint density at radius 1 is 1.12 bits per heavy atom. The summed E-state index contributed by atoms with van der Waals surface area (Å²) >= 11 is 0. The predicted molar refractivity (Wildman–Crippen MR) is 97.1 cm³/mol. The lowest BCUT2D eigenvalue weighted by atomic mass is 9.75. The summed E-state index contributed by atoms with van der Waals surface area (Å²) in [6, 6.07) is 13.9. The Hall–Kier alpha value is -2.29. The second kappa shape index (κ2) is 7.52. The smallest absolute Gasteiger partial charge is 0.339 e. The maximum Gasteiger partial charge on any atom is 0.339 e. The molecule has 0 fully saturated rings. The van der Waals surface area contributed by atoms with E-state index in [1.165, 1.54) is 0 Å². The van der Waals surface area contributed by atoms with Gasteiger partial charge in [0.25, 0.3) is 0 Å². The Balaban J connectivity index is 2.49. The monoisotopic (exact) mass is 326 g/mol. The molecular formula is C21H26O3. The van der Waals surface area contributed by atoms with Crippen molar-refractivity contribution < 1.29 is 14.6 Å². The highest BCUT2D eigenvalue weighted by molar-refractivity contribution is 5.93. The van der Waals surface area contributed by atoms with Gasteiger partial charge in [-0.3, -0.25) is 0 Å². The van der Waals surface area contributed by atoms with Crippen molar-refractivity contribution in [2.75, 3.05) is 6.61 Å². The van der Waals surface area contributed by atoms with Crippen LogP contribution in [0.5, 0.6) is 5.75 Å². The van der Waals surface area contributed by atoms with Crippen LogP contribution in [0.3, 0.4) is 0 Å². The number of carboxylic acids is 1. The zero-order valence-corrected chi connectivity index (χ0v) is 14.9. The van der Waals surface area contributed by atoms with Crippen molar-refractivity contribution in [1.82, 2.24) is 0 Å². The minimum Gasteiger partial charge on any atom is -0.493 e. The third-order valence-corrected chi connectivity index (χ3v) is 4.56. The van der Waals surface area contributed by atoms with Crippen LogP contribution < -0.4 is 4.74 Å². The Labute approximate surface area is 144 Å². The lowest BCUT2D eigenvalue weighted by Crippen LogP contribution is -2.22. The molecule has 3 heteroatoms. The highest BCUT2D eigenvalue weighted by Crippen LogP contribution is 2.37. The van der Waals surface area contributed by atoms with Gasteiger partial charge in [-0.15, -0.1) is 0 Å². The molecule has 0 heterocycles. The average molecular weight is 326 g/mol. The number of hydrogen-bond donors (Lipinski definition) is 1. The van der Waals surface area contributed by atoms with E-state index >= 15 is 0 Å². The molecule has 3 nitrogen and oxygen atoms in total. The summed E-state index contributed by atoms with van der Waals surface area (Å²) in [5.74, 6) is -0.481. The quantitative estimate of drug-likeness (QED) is 0.712. The molecule has 0 saturated heterocycles. The molecule has 0 aliphatic heterocycles. The molecule has 0 aliphatic rings. The lowest BCUT2D eigenvalue weighted by Gasteiger charge is -2.29. The minimum atomic E-state index is -0.940. The fraction of sp³-hybridized carbons (Fsp3) is 0.381. The fourth-order valence-corrected chi connectivity index (χ4v) is 3.09. The van der Waals surface area contributed by atoms with E-state index < -0.39 is 5.97 Å². The molecule has 2 aromatic rings. The molecule has 0 amide bonds. The Kier molecular flexibility index (Phi) is 5.66. The summed E-state index contributed by atoms with van der Waals surface area (Å²) in [6.45, 7) is 8.73. The van der Waals surface area contributed by atoms with Gasteiger partial charge in [-0.25, -0.2) is 4.79 Å². The van der Waals surface area contributed by atoms with Crippen molar-refractivity contribution in [3.63, 3.8) is 0 Å². The molecule has 0 aromatic heterocycles. The summed E-state index contributed by atoms with van der Waals surface area (Å²) in [6.07, 6.45) is 1.93. The van der Waals surface area contributed by atoms with Crippen molar-refractivity contribution in [2.45, 2.75) is 46.0 Å². The van der Waals surface area contributed by atoms with Crippen LogP contribution in [0.4, 0.5) is 0 Å².